The Labute approximate surface area is 47.5 Å². The molecule has 29 valence electrons. The van der Waals surface area contributed by atoms with Crippen molar-refractivity contribution in [1.82, 2.24) is 6.15 Å². The van der Waals surface area contributed by atoms with Crippen LogP contribution in [0.1, 0.15) is 0 Å². The summed E-state index contributed by atoms with van der Waals surface area (Å²) in [6, 6.07) is 0. The Morgan fingerprint density at radius 3 is 1.33 bits per heavy atom. The molecule has 0 bridgehead atoms. The van der Waals surface area contributed by atoms with E-state index in [9.17, 15) is 0 Å². The van der Waals surface area contributed by atoms with Crippen LogP contribution in [0.15, 0.2) is 0 Å². The van der Waals surface area contributed by atoms with Crippen LogP contribution in [-0.2, 0) is 19.5 Å². The number of nitrogens with zero attached hydrogens (tertiary/aromatic N) is 1. The van der Waals surface area contributed by atoms with Gasteiger partial charge in [-0.25, -0.2) is 0 Å². The molecule has 0 spiro atoms. The second kappa shape index (κ2) is 8.85. The first-order valence-corrected chi connectivity index (χ1v) is 0.612. The zero-order valence-corrected chi connectivity index (χ0v) is 5.85. The largest absolute Gasteiger partial charge is 2.00 e. The van der Waals surface area contributed by atoms with Gasteiger partial charge in [0.15, 0.2) is 0 Å². The Kier molecular flexibility index (Phi) is 25.0. The monoisotopic (exact) mass is 138 g/mol. The fourth-order valence-corrected chi connectivity index (χ4v) is 0. The van der Waals surface area contributed by atoms with E-state index in [1.165, 1.54) is 0 Å². The first kappa shape index (κ1) is 16.9. The van der Waals surface area contributed by atoms with E-state index in [0.29, 0.717) is 0 Å². The molecular formula is CNO3Zn. The zero-order chi connectivity index (χ0) is 3.58. The molecule has 3 radical (unpaired) electrons. The van der Waals surface area contributed by atoms with Gasteiger partial charge in [0.2, 0.25) is 0 Å². The maximum atomic E-state index is 8.33. The smallest absolute Gasteiger partial charge is 0.652 e. The van der Waals surface area contributed by atoms with E-state index >= 15 is 0 Å². The molecule has 0 amide bonds. The molecule has 0 heterocycles. The van der Waals surface area contributed by atoms with Crippen molar-refractivity contribution in [3.8, 4) is 0 Å². The van der Waals surface area contributed by atoms with Crippen molar-refractivity contribution in [1.29, 1.82) is 0 Å². The SMILES string of the molecule is O=C([O-])[O-].[N].[Zn+2]. The van der Waals surface area contributed by atoms with Crippen LogP contribution in [0.25, 0.3) is 0 Å². The quantitative estimate of drug-likeness (QED) is 0.336. The third kappa shape index (κ3) is 1460. The van der Waals surface area contributed by atoms with Gasteiger partial charge in [-0.3, -0.25) is 0 Å². The summed E-state index contributed by atoms with van der Waals surface area (Å²) in [6.07, 6.45) is -2.33. The van der Waals surface area contributed by atoms with Gasteiger partial charge < -0.3 is 15.0 Å². The molecule has 0 saturated carbocycles. The van der Waals surface area contributed by atoms with E-state index in [1.54, 1.807) is 0 Å². The van der Waals surface area contributed by atoms with Crippen molar-refractivity contribution in [2.75, 3.05) is 0 Å². The predicted octanol–water partition coefficient (Wildman–Crippen LogP) is -2.93. The normalized spacial score (nSPS) is 4.00. The Morgan fingerprint density at radius 1 is 1.33 bits per heavy atom. The van der Waals surface area contributed by atoms with E-state index < -0.39 is 6.16 Å². The molecule has 0 fully saturated rings. The molecule has 0 aliphatic carbocycles. The van der Waals surface area contributed by atoms with Crippen LogP contribution in [-0.4, -0.2) is 6.16 Å². The van der Waals surface area contributed by atoms with Gasteiger partial charge in [-0.1, -0.05) is 0 Å². The molecule has 0 saturated heterocycles. The Bertz CT molecular complexity index is 33.8. The van der Waals surface area contributed by atoms with Gasteiger partial charge in [-0.15, -0.1) is 0 Å². The fourth-order valence-electron chi connectivity index (χ4n) is 0. The van der Waals surface area contributed by atoms with Crippen LogP contribution in [0, 0.1) is 0 Å². The molecule has 0 unspecified atom stereocenters. The topological polar surface area (TPSA) is 93.7 Å². The summed E-state index contributed by atoms with van der Waals surface area (Å²) in [5, 5.41) is 16.7. The first-order chi connectivity index (χ1) is 1.73. The summed E-state index contributed by atoms with van der Waals surface area (Å²) in [4.78, 5) is 8.33. The first-order valence-electron chi connectivity index (χ1n) is 0.612. The Morgan fingerprint density at radius 2 is 1.33 bits per heavy atom. The van der Waals surface area contributed by atoms with Crippen LogP contribution >= 0.6 is 0 Å². The molecule has 0 aromatic heterocycles. The number of carbonyl (C=O) groups is 1. The zero-order valence-electron chi connectivity index (χ0n) is 2.88. The van der Waals surface area contributed by atoms with Crippen molar-refractivity contribution < 1.29 is 34.5 Å². The Hall–Kier alpha value is -0.147. The fraction of sp³-hybridized carbons (Fsp3) is 0. The standard InChI is InChI=1S/CH2O3.N.Zn/c2-1(3)4;;/h(H2,2,3,4);;/q;;+2/p-2. The van der Waals surface area contributed by atoms with Gasteiger partial charge in [0, 0.05) is 6.15 Å². The minimum absolute atomic E-state index is 0. The molecule has 0 atom stereocenters. The van der Waals surface area contributed by atoms with Crippen molar-refractivity contribution in [3.05, 3.63) is 0 Å². The van der Waals surface area contributed by atoms with Crippen molar-refractivity contribution in [3.63, 3.8) is 0 Å². The van der Waals surface area contributed by atoms with Gasteiger partial charge in [0.25, 0.3) is 0 Å². The maximum absolute atomic E-state index is 8.33. The molecule has 0 rings (SSSR count). The van der Waals surface area contributed by atoms with E-state index in [0.717, 1.165) is 0 Å². The molecule has 0 N–H and O–H groups in total. The molecule has 0 aromatic carbocycles. The van der Waals surface area contributed by atoms with Crippen LogP contribution in [0.4, 0.5) is 4.79 Å². The van der Waals surface area contributed by atoms with Crippen molar-refractivity contribution in [2.24, 2.45) is 0 Å². The summed E-state index contributed by atoms with van der Waals surface area (Å²) in [5.74, 6) is 0. The number of carbonyl (C=O) groups excluding carboxylic acids is 1. The third-order valence-electron chi connectivity index (χ3n) is 0. The predicted molar refractivity (Wildman–Crippen MR) is 7.53 cm³/mol. The van der Waals surface area contributed by atoms with E-state index in [-0.39, 0.29) is 25.6 Å². The summed E-state index contributed by atoms with van der Waals surface area (Å²) in [6.45, 7) is 0. The second-order valence-electron chi connectivity index (χ2n) is 0.250. The van der Waals surface area contributed by atoms with Gasteiger partial charge >= 0.3 is 19.5 Å². The summed E-state index contributed by atoms with van der Waals surface area (Å²) < 4.78 is 0. The average Bonchev–Trinajstić information content (AvgIpc) is 0.811. The van der Waals surface area contributed by atoms with Crippen molar-refractivity contribution >= 4 is 6.16 Å². The molecule has 0 aromatic rings. The van der Waals surface area contributed by atoms with Crippen LogP contribution < -0.4 is 16.4 Å². The summed E-state index contributed by atoms with van der Waals surface area (Å²) >= 11 is 0. The molecular weight excluding hydrogens is 139 g/mol. The molecule has 6 heavy (non-hydrogen) atoms. The Balaban J connectivity index is -0.0000000450. The molecule has 4 nitrogen and oxygen atoms in total. The van der Waals surface area contributed by atoms with Gasteiger partial charge in [0.05, 0.1) is 0 Å². The molecule has 5 heteroatoms. The number of hydrogen-bond acceptors (Lipinski definition) is 3. The van der Waals surface area contributed by atoms with E-state index in [1.807, 2.05) is 0 Å². The molecule has 0 aliphatic heterocycles. The minimum Gasteiger partial charge on any atom is -0.652 e. The van der Waals surface area contributed by atoms with Crippen molar-refractivity contribution in [2.45, 2.75) is 0 Å². The van der Waals surface area contributed by atoms with Gasteiger partial charge in [-0.05, 0) is 6.16 Å². The summed E-state index contributed by atoms with van der Waals surface area (Å²) in [5.41, 5.74) is 0. The average molecular weight is 139 g/mol. The number of rotatable bonds is 0. The number of carboxylic acid groups (broad SMARTS) is 2. The van der Waals surface area contributed by atoms with Crippen LogP contribution in [0.5, 0.6) is 0 Å². The van der Waals surface area contributed by atoms with Gasteiger partial charge in [0.1, 0.15) is 0 Å². The maximum Gasteiger partial charge on any atom is 2.00 e. The molecule has 0 aliphatic rings. The van der Waals surface area contributed by atoms with E-state index in [4.69, 9.17) is 15.0 Å². The van der Waals surface area contributed by atoms with Gasteiger partial charge in [-0.2, -0.15) is 0 Å². The second-order valence-corrected chi connectivity index (χ2v) is 0.250. The number of hydrogen-bond donors (Lipinski definition) is 0. The minimum atomic E-state index is -2.33. The summed E-state index contributed by atoms with van der Waals surface area (Å²) in [7, 11) is 0. The van der Waals surface area contributed by atoms with Crippen LogP contribution in [0.3, 0.4) is 0 Å². The van der Waals surface area contributed by atoms with Crippen LogP contribution in [0.2, 0.25) is 0 Å². The van der Waals surface area contributed by atoms with E-state index in [2.05, 4.69) is 0 Å². The third-order valence-corrected chi connectivity index (χ3v) is 0.